The summed E-state index contributed by atoms with van der Waals surface area (Å²) in [5.41, 5.74) is 2.85. The Hall–Kier alpha value is -2.74. The number of ether oxygens (including phenoxy) is 2. The molecule has 8 heteroatoms. The standard InChI is InChI=1S/C24H21ClF3NO3/c25-18-7-5-16(6-8-18)22-15-31-12-11-29(22)14-17-3-1-2-4-20(17)21-13-19(9-10-23(21)30)32-24(26,27)28/h1-10,13,22,30H,11-12,14-15H2/t22-/m0/s1. The van der Waals surface area contributed by atoms with Crippen LogP contribution in [0.5, 0.6) is 11.5 Å². The maximum atomic E-state index is 12.7. The molecular formula is C24H21ClF3NO3. The van der Waals surface area contributed by atoms with Crippen molar-refractivity contribution in [1.29, 1.82) is 0 Å². The fraction of sp³-hybridized carbons (Fsp3) is 0.250. The third-order valence-corrected chi connectivity index (χ3v) is 5.63. The van der Waals surface area contributed by atoms with Crippen LogP contribution in [0.1, 0.15) is 17.2 Å². The third-order valence-electron chi connectivity index (χ3n) is 5.38. The maximum Gasteiger partial charge on any atom is 0.573 e. The Kier molecular flexibility index (Phi) is 6.60. The highest BCUT2D eigenvalue weighted by Gasteiger charge is 2.31. The van der Waals surface area contributed by atoms with E-state index < -0.39 is 6.36 Å². The van der Waals surface area contributed by atoms with E-state index >= 15 is 0 Å². The number of rotatable bonds is 5. The van der Waals surface area contributed by atoms with Crippen molar-refractivity contribution in [2.75, 3.05) is 19.8 Å². The molecule has 1 fully saturated rings. The smallest absolute Gasteiger partial charge is 0.507 e. The molecule has 3 aromatic carbocycles. The number of alkyl halides is 3. The Balaban J connectivity index is 1.65. The first-order valence-electron chi connectivity index (χ1n) is 10.0. The summed E-state index contributed by atoms with van der Waals surface area (Å²) >= 11 is 6.02. The largest absolute Gasteiger partial charge is 0.573 e. The van der Waals surface area contributed by atoms with Gasteiger partial charge in [0, 0.05) is 23.7 Å². The summed E-state index contributed by atoms with van der Waals surface area (Å²) < 4.78 is 47.8. The zero-order valence-corrected chi connectivity index (χ0v) is 17.7. The number of halogens is 4. The van der Waals surface area contributed by atoms with E-state index in [0.29, 0.717) is 36.9 Å². The van der Waals surface area contributed by atoms with E-state index in [9.17, 15) is 18.3 Å². The molecule has 1 saturated heterocycles. The van der Waals surface area contributed by atoms with Gasteiger partial charge in [0.2, 0.25) is 0 Å². The summed E-state index contributed by atoms with van der Waals surface area (Å²) in [4.78, 5) is 2.25. The number of hydrogen-bond acceptors (Lipinski definition) is 4. The third kappa shape index (κ3) is 5.35. The molecule has 168 valence electrons. The van der Waals surface area contributed by atoms with E-state index in [4.69, 9.17) is 16.3 Å². The van der Waals surface area contributed by atoms with Crippen LogP contribution in [0.15, 0.2) is 66.7 Å². The van der Waals surface area contributed by atoms with Crippen molar-refractivity contribution < 1.29 is 27.8 Å². The minimum atomic E-state index is -4.81. The fourth-order valence-electron chi connectivity index (χ4n) is 3.89. The molecule has 4 nitrogen and oxygen atoms in total. The van der Waals surface area contributed by atoms with Gasteiger partial charge in [-0.3, -0.25) is 4.90 Å². The van der Waals surface area contributed by atoms with Gasteiger partial charge in [-0.25, -0.2) is 0 Å². The Labute approximate surface area is 188 Å². The first-order chi connectivity index (χ1) is 15.3. The van der Waals surface area contributed by atoms with Gasteiger partial charge in [-0.15, -0.1) is 13.2 Å². The zero-order valence-electron chi connectivity index (χ0n) is 17.0. The van der Waals surface area contributed by atoms with Crippen molar-refractivity contribution in [2.45, 2.75) is 18.9 Å². The van der Waals surface area contributed by atoms with Gasteiger partial charge in [0.25, 0.3) is 0 Å². The molecule has 0 radical (unpaired) electrons. The van der Waals surface area contributed by atoms with Gasteiger partial charge in [0.1, 0.15) is 11.5 Å². The molecule has 1 N–H and O–H groups in total. The van der Waals surface area contributed by atoms with E-state index in [1.807, 2.05) is 36.4 Å². The summed E-state index contributed by atoms with van der Waals surface area (Å²) in [5.74, 6) is -0.506. The lowest BCUT2D eigenvalue weighted by atomic mass is 9.97. The van der Waals surface area contributed by atoms with Crippen LogP contribution >= 0.6 is 11.6 Å². The van der Waals surface area contributed by atoms with Gasteiger partial charge >= 0.3 is 6.36 Å². The van der Waals surface area contributed by atoms with Crippen molar-refractivity contribution in [1.82, 2.24) is 4.90 Å². The number of nitrogens with zero attached hydrogens (tertiary/aromatic N) is 1. The van der Waals surface area contributed by atoms with Crippen molar-refractivity contribution >= 4 is 11.6 Å². The molecular weight excluding hydrogens is 443 g/mol. The molecule has 0 aromatic heterocycles. The summed E-state index contributed by atoms with van der Waals surface area (Å²) in [5, 5.41) is 11.0. The highest BCUT2D eigenvalue weighted by Crippen LogP contribution is 2.37. The van der Waals surface area contributed by atoms with Gasteiger partial charge in [0.05, 0.1) is 19.3 Å². The van der Waals surface area contributed by atoms with Crippen LogP contribution < -0.4 is 4.74 Å². The van der Waals surface area contributed by atoms with E-state index in [1.165, 1.54) is 12.1 Å². The molecule has 0 bridgehead atoms. The fourth-order valence-corrected chi connectivity index (χ4v) is 4.01. The molecule has 1 aliphatic rings. The van der Waals surface area contributed by atoms with Gasteiger partial charge in [-0.2, -0.15) is 0 Å². The quantitative estimate of drug-likeness (QED) is 0.490. The lowest BCUT2D eigenvalue weighted by molar-refractivity contribution is -0.274. The van der Waals surface area contributed by atoms with Gasteiger partial charge < -0.3 is 14.6 Å². The minimum absolute atomic E-state index is 0.00238. The zero-order chi connectivity index (χ0) is 22.7. The summed E-state index contributed by atoms with van der Waals surface area (Å²) in [6.45, 7) is 2.30. The Morgan fingerprint density at radius 2 is 1.78 bits per heavy atom. The van der Waals surface area contributed by atoms with Crippen LogP contribution in [0.25, 0.3) is 11.1 Å². The molecule has 1 atom stereocenters. The van der Waals surface area contributed by atoms with E-state index in [-0.39, 0.29) is 23.1 Å². The van der Waals surface area contributed by atoms with E-state index in [2.05, 4.69) is 9.64 Å². The molecule has 0 spiro atoms. The predicted molar refractivity (Wildman–Crippen MR) is 116 cm³/mol. The van der Waals surface area contributed by atoms with E-state index in [0.717, 1.165) is 17.2 Å². The number of morpholine rings is 1. The summed E-state index contributed by atoms with van der Waals surface area (Å²) in [6, 6.07) is 18.4. The highest BCUT2D eigenvalue weighted by molar-refractivity contribution is 6.30. The molecule has 3 aromatic rings. The molecule has 0 amide bonds. The van der Waals surface area contributed by atoms with Crippen molar-refractivity contribution in [3.05, 3.63) is 82.9 Å². The lowest BCUT2D eigenvalue weighted by Crippen LogP contribution is -2.39. The molecule has 0 saturated carbocycles. The SMILES string of the molecule is Oc1ccc(OC(F)(F)F)cc1-c1ccccc1CN1CCOC[C@H]1c1ccc(Cl)cc1. The first-order valence-corrected chi connectivity index (χ1v) is 10.4. The van der Waals surface area contributed by atoms with Crippen LogP contribution in [0.3, 0.4) is 0 Å². The Bertz CT molecular complexity index is 1070. The van der Waals surface area contributed by atoms with Crippen LogP contribution in [0.2, 0.25) is 5.02 Å². The molecule has 0 aliphatic carbocycles. The van der Waals surface area contributed by atoms with Crippen LogP contribution in [0.4, 0.5) is 13.2 Å². The Morgan fingerprint density at radius 1 is 1.03 bits per heavy atom. The van der Waals surface area contributed by atoms with Crippen LogP contribution in [-0.4, -0.2) is 36.1 Å². The molecule has 1 heterocycles. The average molecular weight is 464 g/mol. The normalized spacial score (nSPS) is 17.3. The predicted octanol–water partition coefficient (Wildman–Crippen LogP) is 6.18. The lowest BCUT2D eigenvalue weighted by Gasteiger charge is -2.36. The maximum absolute atomic E-state index is 12.7. The Morgan fingerprint density at radius 3 is 2.53 bits per heavy atom. The van der Waals surface area contributed by atoms with Crippen LogP contribution in [0, 0.1) is 0 Å². The summed E-state index contributed by atoms with van der Waals surface area (Å²) in [7, 11) is 0. The van der Waals surface area contributed by atoms with Crippen molar-refractivity contribution in [3.8, 4) is 22.6 Å². The second kappa shape index (κ2) is 9.40. The molecule has 1 aliphatic heterocycles. The van der Waals surface area contributed by atoms with Crippen molar-refractivity contribution in [2.24, 2.45) is 0 Å². The molecule has 4 rings (SSSR count). The van der Waals surface area contributed by atoms with Crippen molar-refractivity contribution in [3.63, 3.8) is 0 Å². The average Bonchev–Trinajstić information content (AvgIpc) is 2.76. The number of benzene rings is 3. The minimum Gasteiger partial charge on any atom is -0.507 e. The number of hydrogen-bond donors (Lipinski definition) is 1. The molecule has 32 heavy (non-hydrogen) atoms. The second-order valence-corrected chi connectivity index (χ2v) is 7.93. The van der Waals surface area contributed by atoms with Gasteiger partial charge in [-0.05, 0) is 47.0 Å². The highest BCUT2D eigenvalue weighted by atomic mass is 35.5. The van der Waals surface area contributed by atoms with Gasteiger partial charge in [-0.1, -0.05) is 48.0 Å². The number of aromatic hydroxyl groups is 1. The molecule has 0 unspecified atom stereocenters. The van der Waals surface area contributed by atoms with E-state index in [1.54, 1.807) is 12.1 Å². The number of phenols is 1. The monoisotopic (exact) mass is 463 g/mol. The second-order valence-electron chi connectivity index (χ2n) is 7.50. The number of phenolic OH excluding ortho intramolecular Hbond substituents is 1. The topological polar surface area (TPSA) is 41.9 Å². The van der Waals surface area contributed by atoms with Gasteiger partial charge in [0.15, 0.2) is 0 Å². The summed E-state index contributed by atoms with van der Waals surface area (Å²) in [6.07, 6.45) is -4.81. The van der Waals surface area contributed by atoms with Crippen LogP contribution in [-0.2, 0) is 11.3 Å². The first kappa shape index (κ1) is 22.5.